The van der Waals surface area contributed by atoms with Gasteiger partial charge in [0.15, 0.2) is 0 Å². The number of nitrogens with two attached hydrogens (primary N) is 1. The predicted molar refractivity (Wildman–Crippen MR) is 95.9 cm³/mol. The minimum atomic E-state index is -0.588. The molecule has 0 fully saturated rings. The van der Waals surface area contributed by atoms with Crippen molar-refractivity contribution < 1.29 is 8.78 Å². The zero-order chi connectivity index (χ0) is 17.6. The lowest BCUT2D eigenvalue weighted by molar-refractivity contribution is 0.568. The average molecular weight is 335 g/mol. The Kier molecular flexibility index (Phi) is 3.50. The van der Waals surface area contributed by atoms with Crippen molar-refractivity contribution in [3.63, 3.8) is 0 Å². The maximum absolute atomic E-state index is 14.1. The van der Waals surface area contributed by atoms with Gasteiger partial charge in [-0.3, -0.25) is 5.41 Å². The Morgan fingerprint density at radius 3 is 2.44 bits per heavy atom. The Bertz CT molecular complexity index is 1130. The molecule has 4 aromatic rings. The summed E-state index contributed by atoms with van der Waals surface area (Å²) in [6.45, 7) is 0.287. The number of amidine groups is 1. The lowest BCUT2D eigenvalue weighted by Gasteiger charge is -2.09. The maximum atomic E-state index is 14.1. The number of hydrogen-bond acceptors (Lipinski definition) is 1. The molecule has 0 aliphatic rings. The van der Waals surface area contributed by atoms with Crippen molar-refractivity contribution in [1.29, 1.82) is 5.41 Å². The van der Waals surface area contributed by atoms with Crippen molar-refractivity contribution >= 4 is 27.6 Å². The van der Waals surface area contributed by atoms with E-state index >= 15 is 0 Å². The van der Waals surface area contributed by atoms with E-state index in [0.717, 1.165) is 27.9 Å². The SMILES string of the molecule is N=C(N)c1ccc2c(c1)c1ccccc1n2Cc1ccc(F)cc1F. The van der Waals surface area contributed by atoms with Gasteiger partial charge in [-0.2, -0.15) is 0 Å². The second kappa shape index (κ2) is 5.70. The molecule has 0 bridgehead atoms. The number of nitrogens with one attached hydrogen (secondary N) is 1. The van der Waals surface area contributed by atoms with Gasteiger partial charge in [0.1, 0.15) is 17.5 Å². The number of benzene rings is 3. The Balaban J connectivity index is 1.96. The van der Waals surface area contributed by atoms with Crippen molar-refractivity contribution in [2.75, 3.05) is 0 Å². The van der Waals surface area contributed by atoms with E-state index in [1.165, 1.54) is 12.1 Å². The van der Waals surface area contributed by atoms with Crippen LogP contribution in [0.2, 0.25) is 0 Å². The van der Waals surface area contributed by atoms with Crippen LogP contribution in [-0.2, 0) is 6.54 Å². The molecule has 5 heteroatoms. The molecule has 3 aromatic carbocycles. The van der Waals surface area contributed by atoms with Crippen molar-refractivity contribution in [2.45, 2.75) is 6.54 Å². The first kappa shape index (κ1) is 15.3. The molecule has 4 rings (SSSR count). The quantitative estimate of drug-likeness (QED) is 0.423. The Hall–Kier alpha value is -3.21. The topological polar surface area (TPSA) is 54.8 Å². The minimum absolute atomic E-state index is 0.00306. The number of fused-ring (bicyclic) bond motifs is 3. The fraction of sp³-hybridized carbons (Fsp3) is 0.0500. The van der Waals surface area contributed by atoms with Crippen LogP contribution in [0.4, 0.5) is 8.78 Å². The summed E-state index contributed by atoms with van der Waals surface area (Å²) in [5.74, 6) is -1.15. The van der Waals surface area contributed by atoms with Crippen LogP contribution in [0.5, 0.6) is 0 Å². The van der Waals surface area contributed by atoms with Crippen LogP contribution in [0.1, 0.15) is 11.1 Å². The van der Waals surface area contributed by atoms with Crippen molar-refractivity contribution in [1.82, 2.24) is 4.57 Å². The fourth-order valence-electron chi connectivity index (χ4n) is 3.21. The Labute approximate surface area is 142 Å². The summed E-state index contributed by atoms with van der Waals surface area (Å²) in [6, 6.07) is 17.0. The molecule has 0 unspecified atom stereocenters. The molecule has 0 aliphatic heterocycles. The van der Waals surface area contributed by atoms with Crippen LogP contribution in [-0.4, -0.2) is 10.4 Å². The molecule has 1 heterocycles. The summed E-state index contributed by atoms with van der Waals surface area (Å²) in [5, 5.41) is 9.59. The molecule has 25 heavy (non-hydrogen) atoms. The van der Waals surface area contributed by atoms with Gasteiger partial charge in [-0.15, -0.1) is 0 Å². The van der Waals surface area contributed by atoms with Gasteiger partial charge in [0.2, 0.25) is 0 Å². The highest BCUT2D eigenvalue weighted by molar-refractivity contribution is 6.10. The zero-order valence-electron chi connectivity index (χ0n) is 13.3. The van der Waals surface area contributed by atoms with Gasteiger partial charge in [-0.25, -0.2) is 8.78 Å². The highest BCUT2D eigenvalue weighted by atomic mass is 19.1. The van der Waals surface area contributed by atoms with Crippen molar-refractivity contribution in [2.24, 2.45) is 5.73 Å². The highest BCUT2D eigenvalue weighted by Gasteiger charge is 2.13. The molecular formula is C20H15F2N3. The molecule has 0 saturated heterocycles. The number of aromatic nitrogens is 1. The first-order valence-electron chi connectivity index (χ1n) is 7.84. The monoisotopic (exact) mass is 335 g/mol. The van der Waals surface area contributed by atoms with E-state index in [1.807, 2.05) is 41.0 Å². The van der Waals surface area contributed by atoms with E-state index in [9.17, 15) is 8.78 Å². The molecule has 0 saturated carbocycles. The summed E-state index contributed by atoms with van der Waals surface area (Å²) < 4.78 is 29.3. The molecule has 0 aliphatic carbocycles. The molecule has 0 radical (unpaired) electrons. The molecule has 124 valence electrons. The standard InChI is InChI=1S/C20H15F2N3/c21-14-7-5-13(17(22)10-14)11-25-18-4-2-1-3-15(18)16-9-12(20(23)24)6-8-19(16)25/h1-10H,11H2,(H3,23,24). The van der Waals surface area contributed by atoms with Crippen molar-refractivity contribution in [3.8, 4) is 0 Å². The second-order valence-electron chi connectivity index (χ2n) is 5.98. The molecular weight excluding hydrogens is 320 g/mol. The number of para-hydroxylation sites is 1. The third-order valence-electron chi connectivity index (χ3n) is 4.43. The molecule has 3 nitrogen and oxygen atoms in total. The van der Waals surface area contributed by atoms with E-state index in [4.69, 9.17) is 11.1 Å². The molecule has 0 atom stereocenters. The van der Waals surface area contributed by atoms with Crippen LogP contribution >= 0.6 is 0 Å². The number of rotatable bonds is 3. The second-order valence-corrected chi connectivity index (χ2v) is 5.98. The smallest absolute Gasteiger partial charge is 0.131 e. The molecule has 1 aromatic heterocycles. The van der Waals surface area contributed by atoms with E-state index in [0.29, 0.717) is 11.1 Å². The Morgan fingerprint density at radius 1 is 0.920 bits per heavy atom. The van der Waals surface area contributed by atoms with Crippen LogP contribution in [0.25, 0.3) is 21.8 Å². The minimum Gasteiger partial charge on any atom is -0.384 e. The third kappa shape index (κ3) is 2.54. The number of hydrogen-bond donors (Lipinski definition) is 2. The lowest BCUT2D eigenvalue weighted by atomic mass is 10.1. The van der Waals surface area contributed by atoms with E-state index < -0.39 is 11.6 Å². The van der Waals surface area contributed by atoms with Crippen LogP contribution in [0.15, 0.2) is 60.7 Å². The first-order valence-corrected chi connectivity index (χ1v) is 7.84. The van der Waals surface area contributed by atoms with E-state index in [1.54, 1.807) is 6.07 Å². The summed E-state index contributed by atoms with van der Waals surface area (Å²) >= 11 is 0. The van der Waals surface area contributed by atoms with Crippen LogP contribution in [0, 0.1) is 17.0 Å². The zero-order valence-corrected chi connectivity index (χ0v) is 13.3. The average Bonchev–Trinajstić information content (AvgIpc) is 2.91. The summed E-state index contributed by atoms with van der Waals surface area (Å²) in [4.78, 5) is 0. The van der Waals surface area contributed by atoms with Gasteiger partial charge in [0.05, 0.1) is 6.54 Å². The summed E-state index contributed by atoms with van der Waals surface area (Å²) in [6.07, 6.45) is 0. The molecule has 0 spiro atoms. The predicted octanol–water partition coefficient (Wildman–Crippen LogP) is 4.41. The maximum Gasteiger partial charge on any atom is 0.131 e. The first-order chi connectivity index (χ1) is 12.0. The normalized spacial score (nSPS) is 11.3. The number of nitrogens with zero attached hydrogens (tertiary/aromatic N) is 1. The molecule has 0 amide bonds. The largest absolute Gasteiger partial charge is 0.384 e. The summed E-state index contributed by atoms with van der Waals surface area (Å²) in [5.41, 5.74) is 8.52. The van der Waals surface area contributed by atoms with Crippen molar-refractivity contribution in [3.05, 3.63) is 83.4 Å². The number of halogens is 2. The van der Waals surface area contributed by atoms with Gasteiger partial charge in [0.25, 0.3) is 0 Å². The van der Waals surface area contributed by atoms with E-state index in [2.05, 4.69) is 0 Å². The van der Waals surface area contributed by atoms with Crippen LogP contribution in [0.3, 0.4) is 0 Å². The third-order valence-corrected chi connectivity index (χ3v) is 4.43. The highest BCUT2D eigenvalue weighted by Crippen LogP contribution is 2.30. The van der Waals surface area contributed by atoms with Gasteiger partial charge in [0, 0.05) is 39.0 Å². The number of nitrogen functional groups attached to an aromatic ring is 1. The fourth-order valence-corrected chi connectivity index (χ4v) is 3.21. The van der Waals surface area contributed by atoms with Gasteiger partial charge in [-0.05, 0) is 30.3 Å². The Morgan fingerprint density at radius 2 is 1.68 bits per heavy atom. The van der Waals surface area contributed by atoms with Gasteiger partial charge < -0.3 is 10.3 Å². The van der Waals surface area contributed by atoms with Gasteiger partial charge >= 0.3 is 0 Å². The molecule has 3 N–H and O–H groups in total. The van der Waals surface area contributed by atoms with E-state index in [-0.39, 0.29) is 12.4 Å². The lowest BCUT2D eigenvalue weighted by Crippen LogP contribution is -2.10. The summed E-state index contributed by atoms with van der Waals surface area (Å²) in [7, 11) is 0. The van der Waals surface area contributed by atoms with Crippen LogP contribution < -0.4 is 5.73 Å². The van der Waals surface area contributed by atoms with Gasteiger partial charge in [-0.1, -0.05) is 24.3 Å².